The van der Waals surface area contributed by atoms with E-state index in [4.69, 9.17) is 15.2 Å². The number of rotatable bonds is 9. The fraction of sp³-hybridized carbons (Fsp3) is 0.533. The molecule has 0 saturated heterocycles. The van der Waals surface area contributed by atoms with E-state index >= 15 is 0 Å². The van der Waals surface area contributed by atoms with Crippen molar-refractivity contribution >= 4 is 11.6 Å². The molecule has 1 aromatic carbocycles. The van der Waals surface area contributed by atoms with Crippen molar-refractivity contribution in [3.05, 3.63) is 29.8 Å². The number of benzene rings is 1. The number of hydrogen-bond donors (Lipinski definition) is 2. The molecule has 0 spiro atoms. The molecule has 20 heavy (non-hydrogen) atoms. The van der Waals surface area contributed by atoms with Gasteiger partial charge >= 0.3 is 0 Å². The molecule has 1 rings (SSSR count). The minimum Gasteiger partial charge on any atom is -0.382 e. The molecule has 112 valence electrons. The lowest BCUT2D eigenvalue weighted by Gasteiger charge is -2.06. The molecule has 0 fully saturated rings. The number of nitrogens with zero attached hydrogens (tertiary/aromatic N) is 1. The minimum atomic E-state index is 0.453. The fourth-order valence-corrected chi connectivity index (χ4v) is 1.58. The number of methoxy groups -OCH3 is 1. The van der Waals surface area contributed by atoms with E-state index in [1.165, 1.54) is 5.56 Å². The molecule has 0 heterocycles. The van der Waals surface area contributed by atoms with E-state index in [9.17, 15) is 0 Å². The topological polar surface area (TPSA) is 68.9 Å². The number of ether oxygens (including phenoxy) is 2. The Hall–Kier alpha value is -1.59. The van der Waals surface area contributed by atoms with Gasteiger partial charge in [-0.1, -0.05) is 17.7 Å². The van der Waals surface area contributed by atoms with Gasteiger partial charge in [-0.05, 0) is 31.9 Å². The van der Waals surface area contributed by atoms with E-state index in [1.807, 2.05) is 24.3 Å². The van der Waals surface area contributed by atoms with Gasteiger partial charge in [-0.2, -0.15) is 0 Å². The van der Waals surface area contributed by atoms with Gasteiger partial charge in [-0.25, -0.2) is 0 Å². The standard InChI is InChI=1S/C15H25N3O2/c1-13-5-7-14(8-6-13)18-15(16)17-9-3-4-10-20-12-11-19-2/h5-8H,3-4,9-12H2,1-2H3,(H3,16,17,18). The lowest BCUT2D eigenvalue weighted by molar-refractivity contribution is 0.0690. The van der Waals surface area contributed by atoms with Crippen molar-refractivity contribution in [1.82, 2.24) is 0 Å². The second kappa shape index (κ2) is 10.2. The molecule has 0 atom stereocenters. The van der Waals surface area contributed by atoms with Gasteiger partial charge in [-0.15, -0.1) is 0 Å². The van der Waals surface area contributed by atoms with Crippen LogP contribution in [-0.2, 0) is 9.47 Å². The first-order chi connectivity index (χ1) is 9.72. The Bertz CT molecular complexity index is 391. The van der Waals surface area contributed by atoms with Crippen LogP contribution in [0.4, 0.5) is 5.69 Å². The second-order valence-electron chi connectivity index (χ2n) is 4.57. The van der Waals surface area contributed by atoms with Gasteiger partial charge in [0.2, 0.25) is 0 Å². The predicted octanol–water partition coefficient (Wildman–Crippen LogP) is 2.16. The predicted molar refractivity (Wildman–Crippen MR) is 83.2 cm³/mol. The van der Waals surface area contributed by atoms with E-state index in [-0.39, 0.29) is 0 Å². The summed E-state index contributed by atoms with van der Waals surface area (Å²) in [5.74, 6) is 0.453. The van der Waals surface area contributed by atoms with Gasteiger partial charge in [0.05, 0.1) is 13.2 Å². The number of nitrogens with one attached hydrogen (secondary N) is 1. The first-order valence-electron chi connectivity index (χ1n) is 6.92. The molecule has 5 heteroatoms. The summed E-state index contributed by atoms with van der Waals surface area (Å²) in [7, 11) is 1.67. The van der Waals surface area contributed by atoms with Crippen molar-refractivity contribution in [2.24, 2.45) is 10.7 Å². The quantitative estimate of drug-likeness (QED) is 0.413. The zero-order chi connectivity index (χ0) is 14.6. The van der Waals surface area contributed by atoms with Gasteiger partial charge in [0.1, 0.15) is 0 Å². The summed E-state index contributed by atoms with van der Waals surface area (Å²) < 4.78 is 10.3. The van der Waals surface area contributed by atoms with Crippen LogP contribution in [0.5, 0.6) is 0 Å². The Labute approximate surface area is 121 Å². The van der Waals surface area contributed by atoms with Crippen LogP contribution < -0.4 is 11.1 Å². The molecule has 0 aromatic heterocycles. The molecular formula is C15H25N3O2. The molecule has 0 saturated carbocycles. The summed E-state index contributed by atoms with van der Waals surface area (Å²) in [4.78, 5) is 4.28. The van der Waals surface area contributed by atoms with Crippen LogP contribution in [0.15, 0.2) is 29.3 Å². The van der Waals surface area contributed by atoms with Gasteiger partial charge in [0.25, 0.3) is 0 Å². The van der Waals surface area contributed by atoms with Crippen molar-refractivity contribution in [3.8, 4) is 0 Å². The van der Waals surface area contributed by atoms with Crippen molar-refractivity contribution in [3.63, 3.8) is 0 Å². The highest BCUT2D eigenvalue weighted by molar-refractivity contribution is 5.92. The molecule has 0 radical (unpaired) electrons. The third kappa shape index (κ3) is 7.76. The van der Waals surface area contributed by atoms with E-state index < -0.39 is 0 Å². The maximum absolute atomic E-state index is 5.82. The van der Waals surface area contributed by atoms with Crippen molar-refractivity contribution < 1.29 is 9.47 Å². The van der Waals surface area contributed by atoms with Crippen LogP contribution in [0, 0.1) is 6.92 Å². The van der Waals surface area contributed by atoms with Gasteiger partial charge in [-0.3, -0.25) is 4.99 Å². The van der Waals surface area contributed by atoms with E-state index in [0.29, 0.717) is 25.7 Å². The number of anilines is 1. The Morgan fingerprint density at radius 2 is 1.90 bits per heavy atom. The lowest BCUT2D eigenvalue weighted by Crippen LogP contribution is -2.22. The Kier molecular flexibility index (Phi) is 8.42. The lowest BCUT2D eigenvalue weighted by atomic mass is 10.2. The molecule has 0 bridgehead atoms. The van der Waals surface area contributed by atoms with E-state index in [0.717, 1.165) is 25.1 Å². The molecule has 5 nitrogen and oxygen atoms in total. The maximum atomic E-state index is 5.82. The maximum Gasteiger partial charge on any atom is 0.193 e. The third-order valence-electron chi connectivity index (χ3n) is 2.73. The molecule has 0 unspecified atom stereocenters. The second-order valence-corrected chi connectivity index (χ2v) is 4.57. The molecule has 0 aliphatic carbocycles. The average Bonchev–Trinajstić information content (AvgIpc) is 2.44. The van der Waals surface area contributed by atoms with Gasteiger partial charge in [0.15, 0.2) is 5.96 Å². The smallest absolute Gasteiger partial charge is 0.193 e. The number of aliphatic imine (C=N–C) groups is 1. The SMILES string of the molecule is COCCOCCCCN=C(N)Nc1ccc(C)cc1. The highest BCUT2D eigenvalue weighted by atomic mass is 16.5. The van der Waals surface area contributed by atoms with Crippen molar-refractivity contribution in [2.45, 2.75) is 19.8 Å². The molecule has 3 N–H and O–H groups in total. The van der Waals surface area contributed by atoms with Crippen LogP contribution in [0.25, 0.3) is 0 Å². The largest absolute Gasteiger partial charge is 0.382 e. The third-order valence-corrected chi connectivity index (χ3v) is 2.73. The van der Waals surface area contributed by atoms with Crippen LogP contribution in [0.2, 0.25) is 0 Å². The average molecular weight is 279 g/mol. The molecule has 0 amide bonds. The zero-order valence-corrected chi connectivity index (χ0v) is 12.4. The normalized spacial score (nSPS) is 11.6. The summed E-state index contributed by atoms with van der Waals surface area (Å²) in [6.07, 6.45) is 1.94. The Balaban J connectivity index is 2.11. The number of guanidine groups is 1. The summed E-state index contributed by atoms with van der Waals surface area (Å²) in [6, 6.07) is 8.04. The minimum absolute atomic E-state index is 0.453. The number of aryl methyl sites for hydroxylation is 1. The Morgan fingerprint density at radius 3 is 2.60 bits per heavy atom. The van der Waals surface area contributed by atoms with E-state index in [2.05, 4.69) is 17.2 Å². The highest BCUT2D eigenvalue weighted by Gasteiger charge is 1.95. The van der Waals surface area contributed by atoms with Crippen LogP contribution >= 0.6 is 0 Å². The number of unbranched alkanes of at least 4 members (excludes halogenated alkanes) is 1. The summed E-state index contributed by atoms with van der Waals surface area (Å²) in [5.41, 5.74) is 8.00. The van der Waals surface area contributed by atoms with E-state index in [1.54, 1.807) is 7.11 Å². The number of hydrogen-bond acceptors (Lipinski definition) is 3. The van der Waals surface area contributed by atoms with Crippen LogP contribution in [0.3, 0.4) is 0 Å². The first kappa shape index (κ1) is 16.5. The monoisotopic (exact) mass is 279 g/mol. The molecule has 0 aliphatic heterocycles. The number of nitrogens with two attached hydrogens (primary N) is 1. The van der Waals surface area contributed by atoms with Gasteiger partial charge < -0.3 is 20.5 Å². The highest BCUT2D eigenvalue weighted by Crippen LogP contribution is 2.07. The van der Waals surface area contributed by atoms with Crippen molar-refractivity contribution in [1.29, 1.82) is 0 Å². The summed E-state index contributed by atoms with van der Waals surface area (Å²) in [5, 5.41) is 3.07. The van der Waals surface area contributed by atoms with Crippen LogP contribution in [0.1, 0.15) is 18.4 Å². The molecular weight excluding hydrogens is 254 g/mol. The fourth-order valence-electron chi connectivity index (χ4n) is 1.58. The molecule has 0 aliphatic rings. The van der Waals surface area contributed by atoms with Crippen molar-refractivity contribution in [2.75, 3.05) is 38.8 Å². The van der Waals surface area contributed by atoms with Crippen LogP contribution in [-0.4, -0.2) is 39.4 Å². The van der Waals surface area contributed by atoms with Gasteiger partial charge in [0, 0.05) is 25.9 Å². The molecule has 1 aromatic rings. The first-order valence-corrected chi connectivity index (χ1v) is 6.92. The summed E-state index contributed by atoms with van der Waals surface area (Å²) in [6.45, 7) is 4.79. The Morgan fingerprint density at radius 1 is 1.15 bits per heavy atom. The summed E-state index contributed by atoms with van der Waals surface area (Å²) >= 11 is 0. The zero-order valence-electron chi connectivity index (χ0n) is 12.4.